The normalized spacial score (nSPS) is 9.92. The molecule has 0 saturated heterocycles. The van der Waals surface area contributed by atoms with Crippen molar-refractivity contribution in [2.45, 2.75) is 12.4 Å². The molecule has 0 aliphatic heterocycles. The van der Waals surface area contributed by atoms with Crippen LogP contribution >= 0.6 is 36.4 Å². The van der Waals surface area contributed by atoms with Gasteiger partial charge in [-0.2, -0.15) is 0 Å². The predicted molar refractivity (Wildman–Crippen MR) is 98.5 cm³/mol. The Labute approximate surface area is 156 Å². The Morgan fingerprint density at radius 3 is 2.71 bits per heavy atom. The van der Waals surface area contributed by atoms with Gasteiger partial charge < -0.3 is 9.30 Å². The molecule has 0 atom stereocenters. The number of carbonyl (C=O) groups excluding carboxylic acids is 1. The molecule has 24 heavy (non-hydrogen) atoms. The number of fused-ring (bicyclic) bond motifs is 1. The summed E-state index contributed by atoms with van der Waals surface area (Å²) >= 11 is 6.01. The summed E-state index contributed by atoms with van der Waals surface area (Å²) in [5.74, 6) is 0.675. The molecule has 0 bridgehead atoms. The second-order valence-electron chi connectivity index (χ2n) is 4.80. The fraction of sp³-hybridized carbons (Fsp3) is 0.188. The van der Waals surface area contributed by atoms with Crippen molar-refractivity contribution >= 4 is 53.4 Å². The lowest BCUT2D eigenvalue weighted by atomic mass is 10.2. The molecule has 3 rings (SSSR count). The first-order chi connectivity index (χ1) is 10.7. The number of nitrogens with zero attached hydrogens (tertiary/aromatic N) is 3. The van der Waals surface area contributed by atoms with E-state index in [4.69, 9.17) is 16.3 Å². The summed E-state index contributed by atoms with van der Waals surface area (Å²) in [6, 6.07) is 9.15. The van der Waals surface area contributed by atoms with Gasteiger partial charge in [0, 0.05) is 12.4 Å². The fourth-order valence-corrected chi connectivity index (χ4v) is 2.57. The van der Waals surface area contributed by atoms with Crippen molar-refractivity contribution in [3.8, 4) is 0 Å². The van der Waals surface area contributed by atoms with Crippen LogP contribution in [0.1, 0.15) is 21.7 Å². The topological polar surface area (TPSA) is 57.0 Å². The second kappa shape index (κ2) is 8.87. The molecule has 128 valence electrons. The van der Waals surface area contributed by atoms with Crippen molar-refractivity contribution in [1.82, 2.24) is 14.5 Å². The van der Waals surface area contributed by atoms with Crippen molar-refractivity contribution in [2.24, 2.45) is 0 Å². The zero-order chi connectivity index (χ0) is 15.5. The van der Waals surface area contributed by atoms with Crippen molar-refractivity contribution in [3.63, 3.8) is 0 Å². The maximum absolute atomic E-state index is 11.7. The lowest BCUT2D eigenvalue weighted by Gasteiger charge is -2.08. The van der Waals surface area contributed by atoms with E-state index in [0.717, 1.165) is 22.4 Å². The Hall–Kier alpha value is -1.82. The van der Waals surface area contributed by atoms with Gasteiger partial charge >= 0.3 is 5.97 Å². The van der Waals surface area contributed by atoms with Crippen molar-refractivity contribution in [2.75, 3.05) is 7.11 Å². The van der Waals surface area contributed by atoms with E-state index < -0.39 is 0 Å². The zero-order valence-corrected chi connectivity index (χ0v) is 15.2. The average Bonchev–Trinajstić information content (AvgIpc) is 2.92. The summed E-state index contributed by atoms with van der Waals surface area (Å²) in [5, 5.41) is 0. The molecule has 3 aromatic rings. The highest BCUT2D eigenvalue weighted by Crippen LogP contribution is 2.21. The summed E-state index contributed by atoms with van der Waals surface area (Å²) < 4.78 is 6.76. The predicted octanol–water partition coefficient (Wildman–Crippen LogP) is 3.85. The molecular weight excluding hydrogens is 373 g/mol. The van der Waals surface area contributed by atoms with Crippen LogP contribution in [-0.4, -0.2) is 27.6 Å². The average molecular weight is 389 g/mol. The number of halogens is 3. The largest absolute Gasteiger partial charge is 0.465 e. The van der Waals surface area contributed by atoms with Gasteiger partial charge in [0.1, 0.15) is 5.82 Å². The first-order valence-corrected chi connectivity index (χ1v) is 7.28. The van der Waals surface area contributed by atoms with E-state index in [-0.39, 0.29) is 30.8 Å². The fourth-order valence-electron chi connectivity index (χ4n) is 2.37. The van der Waals surface area contributed by atoms with E-state index in [1.807, 2.05) is 16.7 Å². The minimum Gasteiger partial charge on any atom is -0.465 e. The molecule has 0 fully saturated rings. The van der Waals surface area contributed by atoms with Crippen LogP contribution in [0.25, 0.3) is 11.0 Å². The van der Waals surface area contributed by atoms with Crippen LogP contribution in [0, 0.1) is 0 Å². The Morgan fingerprint density at radius 2 is 2.08 bits per heavy atom. The highest BCUT2D eigenvalue weighted by atomic mass is 35.5. The monoisotopic (exact) mass is 387 g/mol. The molecule has 5 nitrogen and oxygen atoms in total. The number of pyridine rings is 1. The summed E-state index contributed by atoms with van der Waals surface area (Å²) in [6.45, 7) is 0.594. The van der Waals surface area contributed by atoms with Crippen LogP contribution in [0.4, 0.5) is 0 Å². The SMILES string of the molecule is COC(=O)c1ccc2nc(CCl)n(Cc3cccnc3)c2c1.Cl.Cl. The highest BCUT2D eigenvalue weighted by molar-refractivity contribution is 6.16. The number of ether oxygens (including phenoxy) is 1. The summed E-state index contributed by atoms with van der Waals surface area (Å²) in [5.41, 5.74) is 3.18. The van der Waals surface area contributed by atoms with E-state index in [0.29, 0.717) is 18.0 Å². The van der Waals surface area contributed by atoms with Crippen LogP contribution in [0.5, 0.6) is 0 Å². The molecule has 0 radical (unpaired) electrons. The Kier molecular flexibility index (Phi) is 7.48. The van der Waals surface area contributed by atoms with E-state index in [1.165, 1.54) is 7.11 Å². The molecule has 0 spiro atoms. The van der Waals surface area contributed by atoms with Crippen LogP contribution in [-0.2, 0) is 17.2 Å². The number of methoxy groups -OCH3 is 1. The highest BCUT2D eigenvalue weighted by Gasteiger charge is 2.13. The first-order valence-electron chi connectivity index (χ1n) is 6.75. The van der Waals surface area contributed by atoms with Gasteiger partial charge in [0.2, 0.25) is 0 Å². The van der Waals surface area contributed by atoms with Crippen LogP contribution in [0.2, 0.25) is 0 Å². The molecule has 0 aliphatic rings. The number of hydrogen-bond acceptors (Lipinski definition) is 4. The maximum Gasteiger partial charge on any atom is 0.337 e. The summed E-state index contributed by atoms with van der Waals surface area (Å²) in [6.07, 6.45) is 3.53. The van der Waals surface area contributed by atoms with Gasteiger partial charge in [0.05, 0.1) is 36.1 Å². The van der Waals surface area contributed by atoms with E-state index in [1.54, 1.807) is 30.6 Å². The van der Waals surface area contributed by atoms with Crippen LogP contribution in [0.15, 0.2) is 42.7 Å². The van der Waals surface area contributed by atoms with Gasteiger partial charge in [-0.15, -0.1) is 36.4 Å². The number of esters is 1. The Bertz CT molecular complexity index is 822. The summed E-state index contributed by atoms with van der Waals surface area (Å²) in [4.78, 5) is 20.3. The standard InChI is InChI=1S/C16H14ClN3O2.2ClH/c1-22-16(21)12-4-5-13-14(7-12)20(15(8-17)19-13)10-11-3-2-6-18-9-11;;/h2-7,9H,8,10H2,1H3;2*1H. The number of alkyl halides is 1. The second-order valence-corrected chi connectivity index (χ2v) is 5.07. The molecule has 0 aliphatic carbocycles. The van der Waals surface area contributed by atoms with Gasteiger partial charge in [0.15, 0.2) is 0 Å². The molecule has 0 saturated carbocycles. The van der Waals surface area contributed by atoms with Gasteiger partial charge in [-0.05, 0) is 29.8 Å². The number of imidazole rings is 1. The Balaban J connectivity index is 0.00000144. The first kappa shape index (κ1) is 20.2. The Morgan fingerprint density at radius 1 is 1.29 bits per heavy atom. The molecule has 8 heteroatoms. The molecule has 2 aromatic heterocycles. The molecule has 0 unspecified atom stereocenters. The van der Waals surface area contributed by atoms with Crippen molar-refractivity contribution in [1.29, 1.82) is 0 Å². The van der Waals surface area contributed by atoms with Gasteiger partial charge in [-0.1, -0.05) is 6.07 Å². The molecule has 1 aromatic carbocycles. The number of aromatic nitrogens is 3. The minimum atomic E-state index is -0.372. The van der Waals surface area contributed by atoms with E-state index in [9.17, 15) is 4.79 Å². The van der Waals surface area contributed by atoms with Crippen molar-refractivity contribution in [3.05, 3.63) is 59.7 Å². The quantitative estimate of drug-likeness (QED) is 0.503. The van der Waals surface area contributed by atoms with Crippen molar-refractivity contribution < 1.29 is 9.53 Å². The third kappa shape index (κ3) is 3.98. The lowest BCUT2D eigenvalue weighted by molar-refractivity contribution is 0.0601. The molecular formula is C16H16Cl3N3O2. The third-order valence-corrected chi connectivity index (χ3v) is 3.67. The van der Waals surface area contributed by atoms with E-state index in [2.05, 4.69) is 9.97 Å². The van der Waals surface area contributed by atoms with E-state index >= 15 is 0 Å². The van der Waals surface area contributed by atoms with Crippen LogP contribution < -0.4 is 0 Å². The number of carbonyl (C=O) groups is 1. The van der Waals surface area contributed by atoms with Gasteiger partial charge in [0.25, 0.3) is 0 Å². The maximum atomic E-state index is 11.7. The molecule has 0 N–H and O–H groups in total. The third-order valence-electron chi connectivity index (χ3n) is 3.43. The minimum absolute atomic E-state index is 0. The molecule has 0 amide bonds. The summed E-state index contributed by atoms with van der Waals surface area (Å²) in [7, 11) is 1.36. The number of rotatable bonds is 4. The molecule has 2 heterocycles. The zero-order valence-electron chi connectivity index (χ0n) is 12.8. The van der Waals surface area contributed by atoms with Crippen LogP contribution in [0.3, 0.4) is 0 Å². The smallest absolute Gasteiger partial charge is 0.337 e. The number of hydrogen-bond donors (Lipinski definition) is 0. The van der Waals surface area contributed by atoms with Gasteiger partial charge in [-0.25, -0.2) is 9.78 Å². The lowest BCUT2D eigenvalue weighted by Crippen LogP contribution is -2.05. The van der Waals surface area contributed by atoms with Gasteiger partial charge in [-0.3, -0.25) is 4.98 Å². The number of benzene rings is 1.